The van der Waals surface area contributed by atoms with Crippen LogP contribution < -0.4 is 15.5 Å². The van der Waals surface area contributed by atoms with Gasteiger partial charge in [-0.25, -0.2) is 9.37 Å². The highest BCUT2D eigenvalue weighted by molar-refractivity contribution is 6.32. The zero-order valence-electron chi connectivity index (χ0n) is 15.5. The van der Waals surface area contributed by atoms with Crippen molar-refractivity contribution < 1.29 is 4.39 Å². The molecular weight excluding hydrogens is 365 g/mol. The molecule has 1 aliphatic rings. The molecule has 2 aromatic rings. The predicted molar refractivity (Wildman–Crippen MR) is 109 cm³/mol. The van der Waals surface area contributed by atoms with Crippen molar-refractivity contribution in [1.29, 1.82) is 0 Å². The molecule has 0 spiro atoms. The molecule has 0 radical (unpaired) electrons. The number of hydrogen-bond acceptors (Lipinski definition) is 3. The summed E-state index contributed by atoms with van der Waals surface area (Å²) >= 11 is 6.26. The fourth-order valence-corrected chi connectivity index (χ4v) is 3.42. The molecule has 27 heavy (non-hydrogen) atoms. The average Bonchev–Trinajstić information content (AvgIpc) is 3.10. The maximum Gasteiger partial charge on any atom is 0.191 e. The molecule has 3 rings (SSSR count). The van der Waals surface area contributed by atoms with Gasteiger partial charge in [-0.3, -0.25) is 4.99 Å². The summed E-state index contributed by atoms with van der Waals surface area (Å²) in [4.78, 5) is 11.2. The maximum atomic E-state index is 13.3. The van der Waals surface area contributed by atoms with E-state index >= 15 is 0 Å². The SMILES string of the molecule is CCNC(=NCCc1cccc(F)c1)NC1CCN(c2ncccc2Cl)C1. The lowest BCUT2D eigenvalue weighted by atomic mass is 10.1. The number of anilines is 1. The maximum absolute atomic E-state index is 13.3. The van der Waals surface area contributed by atoms with Gasteiger partial charge in [0.1, 0.15) is 11.6 Å². The Balaban J connectivity index is 1.55. The number of aliphatic imine (C=N–C) groups is 1. The van der Waals surface area contributed by atoms with Crippen molar-refractivity contribution in [2.45, 2.75) is 25.8 Å². The van der Waals surface area contributed by atoms with E-state index in [9.17, 15) is 4.39 Å². The van der Waals surface area contributed by atoms with Gasteiger partial charge >= 0.3 is 0 Å². The van der Waals surface area contributed by atoms with E-state index in [0.717, 1.165) is 43.4 Å². The molecule has 2 heterocycles. The fourth-order valence-electron chi connectivity index (χ4n) is 3.18. The lowest BCUT2D eigenvalue weighted by molar-refractivity contribution is 0.625. The molecule has 1 aromatic carbocycles. The van der Waals surface area contributed by atoms with E-state index in [4.69, 9.17) is 11.6 Å². The van der Waals surface area contributed by atoms with Gasteiger partial charge in [0.05, 0.1) is 5.02 Å². The Kier molecular flexibility index (Phi) is 6.87. The Labute approximate surface area is 164 Å². The topological polar surface area (TPSA) is 52.6 Å². The first-order valence-corrected chi connectivity index (χ1v) is 9.68. The summed E-state index contributed by atoms with van der Waals surface area (Å²) in [5, 5.41) is 7.44. The molecule has 1 aliphatic heterocycles. The Morgan fingerprint density at radius 3 is 3.04 bits per heavy atom. The molecule has 0 aliphatic carbocycles. The number of benzene rings is 1. The van der Waals surface area contributed by atoms with Crippen LogP contribution in [0.25, 0.3) is 0 Å². The van der Waals surface area contributed by atoms with Crippen LogP contribution in [-0.4, -0.2) is 43.2 Å². The third-order valence-electron chi connectivity index (χ3n) is 4.47. The molecule has 144 valence electrons. The van der Waals surface area contributed by atoms with Gasteiger partial charge in [-0.05, 0) is 49.6 Å². The molecule has 7 heteroatoms. The van der Waals surface area contributed by atoms with E-state index in [1.165, 1.54) is 6.07 Å². The highest BCUT2D eigenvalue weighted by Crippen LogP contribution is 2.25. The summed E-state index contributed by atoms with van der Waals surface area (Å²) < 4.78 is 13.3. The number of nitrogens with one attached hydrogen (secondary N) is 2. The zero-order valence-corrected chi connectivity index (χ0v) is 16.2. The third-order valence-corrected chi connectivity index (χ3v) is 4.77. The summed E-state index contributed by atoms with van der Waals surface area (Å²) in [7, 11) is 0. The quantitative estimate of drug-likeness (QED) is 0.588. The van der Waals surface area contributed by atoms with E-state index < -0.39 is 0 Å². The Hall–Kier alpha value is -2.34. The normalized spacial score (nSPS) is 17.2. The molecular formula is C20H25ClFN5. The van der Waals surface area contributed by atoms with Gasteiger partial charge in [0.25, 0.3) is 0 Å². The summed E-state index contributed by atoms with van der Waals surface area (Å²) in [5.74, 6) is 1.41. The van der Waals surface area contributed by atoms with Crippen molar-refractivity contribution in [2.75, 3.05) is 31.1 Å². The largest absolute Gasteiger partial charge is 0.357 e. The number of halogens is 2. The third kappa shape index (κ3) is 5.57. The molecule has 1 unspecified atom stereocenters. The van der Waals surface area contributed by atoms with Gasteiger partial charge in [-0.1, -0.05) is 23.7 Å². The minimum absolute atomic E-state index is 0.208. The molecule has 1 saturated heterocycles. The van der Waals surface area contributed by atoms with Crippen LogP contribution in [0.15, 0.2) is 47.6 Å². The van der Waals surface area contributed by atoms with E-state index in [1.807, 2.05) is 25.1 Å². The summed E-state index contributed by atoms with van der Waals surface area (Å²) in [5.41, 5.74) is 0.950. The van der Waals surface area contributed by atoms with Crippen molar-refractivity contribution in [2.24, 2.45) is 4.99 Å². The van der Waals surface area contributed by atoms with E-state index in [0.29, 0.717) is 18.0 Å². The van der Waals surface area contributed by atoms with Crippen molar-refractivity contribution in [3.8, 4) is 0 Å². The Morgan fingerprint density at radius 1 is 1.37 bits per heavy atom. The van der Waals surface area contributed by atoms with Gasteiger partial charge in [-0.15, -0.1) is 0 Å². The van der Waals surface area contributed by atoms with Crippen LogP contribution >= 0.6 is 11.6 Å². The zero-order chi connectivity index (χ0) is 19.1. The van der Waals surface area contributed by atoms with Gasteiger partial charge in [-0.2, -0.15) is 0 Å². The monoisotopic (exact) mass is 389 g/mol. The molecule has 1 atom stereocenters. The molecule has 1 fully saturated rings. The van der Waals surface area contributed by atoms with Gasteiger partial charge in [0.15, 0.2) is 5.96 Å². The molecule has 0 saturated carbocycles. The smallest absolute Gasteiger partial charge is 0.191 e. The van der Waals surface area contributed by atoms with E-state index in [1.54, 1.807) is 18.3 Å². The highest BCUT2D eigenvalue weighted by Gasteiger charge is 2.25. The van der Waals surface area contributed by atoms with Crippen LogP contribution in [0.2, 0.25) is 5.02 Å². The van der Waals surface area contributed by atoms with Crippen LogP contribution in [0.4, 0.5) is 10.2 Å². The molecule has 1 aromatic heterocycles. The lowest BCUT2D eigenvalue weighted by Crippen LogP contribution is -2.44. The second kappa shape index (κ2) is 9.55. The molecule has 5 nitrogen and oxygen atoms in total. The van der Waals surface area contributed by atoms with Crippen molar-refractivity contribution in [3.63, 3.8) is 0 Å². The first-order chi connectivity index (χ1) is 13.2. The number of pyridine rings is 1. The lowest BCUT2D eigenvalue weighted by Gasteiger charge is -2.20. The minimum Gasteiger partial charge on any atom is -0.357 e. The Morgan fingerprint density at radius 2 is 2.26 bits per heavy atom. The predicted octanol–water partition coefficient (Wildman–Crippen LogP) is 3.25. The fraction of sp³-hybridized carbons (Fsp3) is 0.400. The Bertz CT molecular complexity index is 782. The molecule has 2 N–H and O–H groups in total. The van der Waals surface area contributed by atoms with Gasteiger partial charge < -0.3 is 15.5 Å². The van der Waals surface area contributed by atoms with Crippen molar-refractivity contribution in [3.05, 3.63) is 59.0 Å². The van der Waals surface area contributed by atoms with Crippen LogP contribution in [0.3, 0.4) is 0 Å². The first-order valence-electron chi connectivity index (χ1n) is 9.30. The minimum atomic E-state index is -0.208. The number of rotatable bonds is 6. The molecule has 0 amide bonds. The average molecular weight is 390 g/mol. The van der Waals surface area contributed by atoms with Gasteiger partial charge in [0, 0.05) is 38.4 Å². The van der Waals surface area contributed by atoms with E-state index in [-0.39, 0.29) is 11.9 Å². The number of aromatic nitrogens is 1. The van der Waals surface area contributed by atoms with Crippen LogP contribution in [0, 0.1) is 5.82 Å². The van der Waals surface area contributed by atoms with Gasteiger partial charge in [0.2, 0.25) is 0 Å². The first kappa shape index (κ1) is 19.4. The molecule has 0 bridgehead atoms. The van der Waals surface area contributed by atoms with Crippen molar-refractivity contribution in [1.82, 2.24) is 15.6 Å². The highest BCUT2D eigenvalue weighted by atomic mass is 35.5. The second-order valence-corrected chi connectivity index (χ2v) is 6.93. The summed E-state index contributed by atoms with van der Waals surface area (Å²) in [6, 6.07) is 10.6. The summed E-state index contributed by atoms with van der Waals surface area (Å²) in [6.45, 7) is 5.15. The standard InChI is InChI=1S/C20H25ClFN5/c1-2-23-20(25-11-8-15-5-3-6-16(22)13-15)26-17-9-12-27(14-17)19-18(21)7-4-10-24-19/h3-7,10,13,17H,2,8-9,11-12,14H2,1H3,(H2,23,25,26). The van der Waals surface area contributed by atoms with Crippen LogP contribution in [-0.2, 0) is 6.42 Å². The second-order valence-electron chi connectivity index (χ2n) is 6.53. The number of guanidine groups is 1. The number of nitrogens with zero attached hydrogens (tertiary/aromatic N) is 3. The van der Waals surface area contributed by atoms with Crippen molar-refractivity contribution >= 4 is 23.4 Å². The van der Waals surface area contributed by atoms with Crippen LogP contribution in [0.1, 0.15) is 18.9 Å². The van der Waals surface area contributed by atoms with E-state index in [2.05, 4.69) is 25.5 Å². The number of hydrogen-bond donors (Lipinski definition) is 2. The van der Waals surface area contributed by atoms with Crippen LogP contribution in [0.5, 0.6) is 0 Å². The summed E-state index contributed by atoms with van der Waals surface area (Å²) in [6.07, 6.45) is 3.45.